The summed E-state index contributed by atoms with van der Waals surface area (Å²) in [6.45, 7) is 8.38. The van der Waals surface area contributed by atoms with E-state index in [0.29, 0.717) is 0 Å². The molecule has 0 aromatic carbocycles. The van der Waals surface area contributed by atoms with Crippen LogP contribution in [-0.4, -0.2) is 13.2 Å². The molecule has 1 nitrogen and oxygen atoms in total. The lowest BCUT2D eigenvalue weighted by Gasteiger charge is -2.14. The molecule has 1 rings (SSSR count). The second-order valence-electron chi connectivity index (χ2n) is 4.71. The molecule has 0 radical (unpaired) electrons. The lowest BCUT2D eigenvalue weighted by atomic mass is 9.96. The summed E-state index contributed by atoms with van der Waals surface area (Å²) in [7, 11) is 0. The molecule has 1 saturated heterocycles. The van der Waals surface area contributed by atoms with Crippen molar-refractivity contribution in [2.24, 2.45) is 5.41 Å². The molecule has 0 bridgehead atoms. The third-order valence-corrected chi connectivity index (χ3v) is 2.00. The summed E-state index contributed by atoms with van der Waals surface area (Å²) >= 11 is 0. The van der Waals surface area contributed by atoms with Crippen molar-refractivity contribution in [1.29, 1.82) is 0 Å². The second-order valence-corrected chi connectivity index (χ2v) is 4.71. The number of hydrogen-bond donors (Lipinski definition) is 0. The molecule has 0 unspecified atom stereocenters. The summed E-state index contributed by atoms with van der Waals surface area (Å²) < 4.78 is 5.36. The third kappa shape index (κ3) is 4.89. The number of hydrogen-bond acceptors (Lipinski definition) is 1. The lowest BCUT2D eigenvalue weighted by Crippen LogP contribution is -2.07. The molecule has 0 spiro atoms. The number of allylic oxidation sites excluding steroid dienone is 3. The standard InChI is InChI=1S/C12H20O/c1-12(2,3)8-4-6-11-7-5-9-13-10-11/h4,6,8H,5,7,9-10H2,1-3H3/b8-4+,11-6-. The predicted octanol–water partition coefficient (Wildman–Crippen LogP) is 3.33. The lowest BCUT2D eigenvalue weighted by molar-refractivity contribution is 0.130. The Morgan fingerprint density at radius 1 is 1.31 bits per heavy atom. The molecular weight excluding hydrogens is 160 g/mol. The monoisotopic (exact) mass is 180 g/mol. The van der Waals surface area contributed by atoms with Gasteiger partial charge in [-0.3, -0.25) is 0 Å². The van der Waals surface area contributed by atoms with Gasteiger partial charge in [-0.15, -0.1) is 0 Å². The van der Waals surface area contributed by atoms with E-state index in [9.17, 15) is 0 Å². The molecule has 1 fully saturated rings. The summed E-state index contributed by atoms with van der Waals surface area (Å²) in [5.41, 5.74) is 1.71. The Morgan fingerprint density at radius 3 is 2.62 bits per heavy atom. The highest BCUT2D eigenvalue weighted by molar-refractivity contribution is 5.15. The van der Waals surface area contributed by atoms with E-state index in [1.54, 1.807) is 0 Å². The van der Waals surface area contributed by atoms with Gasteiger partial charge in [-0.25, -0.2) is 0 Å². The Balaban J connectivity index is 2.42. The summed E-state index contributed by atoms with van der Waals surface area (Å²) in [6, 6.07) is 0. The van der Waals surface area contributed by atoms with Crippen LogP contribution >= 0.6 is 0 Å². The van der Waals surface area contributed by atoms with Gasteiger partial charge in [0, 0.05) is 6.61 Å². The molecule has 1 heterocycles. The van der Waals surface area contributed by atoms with Crippen LogP contribution in [0.3, 0.4) is 0 Å². The Labute approximate surface area is 81.5 Å². The first-order valence-corrected chi connectivity index (χ1v) is 5.03. The zero-order valence-corrected chi connectivity index (χ0v) is 8.97. The van der Waals surface area contributed by atoms with Gasteiger partial charge >= 0.3 is 0 Å². The summed E-state index contributed by atoms with van der Waals surface area (Å²) in [5, 5.41) is 0. The van der Waals surface area contributed by atoms with Crippen molar-refractivity contribution in [2.75, 3.05) is 13.2 Å². The highest BCUT2D eigenvalue weighted by atomic mass is 16.5. The molecule has 0 saturated carbocycles. The topological polar surface area (TPSA) is 9.23 Å². The van der Waals surface area contributed by atoms with Gasteiger partial charge in [0.25, 0.3) is 0 Å². The van der Waals surface area contributed by atoms with Crippen molar-refractivity contribution in [2.45, 2.75) is 33.6 Å². The van der Waals surface area contributed by atoms with Crippen molar-refractivity contribution >= 4 is 0 Å². The quantitative estimate of drug-likeness (QED) is 0.601. The van der Waals surface area contributed by atoms with Crippen LogP contribution in [0, 0.1) is 5.41 Å². The van der Waals surface area contributed by atoms with Gasteiger partial charge in [0.05, 0.1) is 6.61 Å². The zero-order valence-electron chi connectivity index (χ0n) is 8.97. The summed E-state index contributed by atoms with van der Waals surface area (Å²) in [5.74, 6) is 0. The van der Waals surface area contributed by atoms with Crippen LogP contribution in [0.15, 0.2) is 23.8 Å². The van der Waals surface area contributed by atoms with E-state index < -0.39 is 0 Å². The predicted molar refractivity (Wildman–Crippen MR) is 56.7 cm³/mol. The van der Waals surface area contributed by atoms with Crippen LogP contribution < -0.4 is 0 Å². The zero-order chi connectivity index (χ0) is 9.73. The molecule has 0 aromatic heterocycles. The largest absolute Gasteiger partial charge is 0.377 e. The normalized spacial score (nSPS) is 22.8. The molecule has 0 aliphatic carbocycles. The number of ether oxygens (including phenoxy) is 1. The molecule has 1 heteroatoms. The van der Waals surface area contributed by atoms with E-state index in [1.165, 1.54) is 18.4 Å². The first-order chi connectivity index (χ1) is 6.08. The molecule has 13 heavy (non-hydrogen) atoms. The average Bonchev–Trinajstić information content (AvgIpc) is 2.04. The highest BCUT2D eigenvalue weighted by Gasteiger charge is 2.05. The fourth-order valence-corrected chi connectivity index (χ4v) is 1.28. The molecule has 74 valence electrons. The van der Waals surface area contributed by atoms with E-state index >= 15 is 0 Å². The van der Waals surface area contributed by atoms with Crippen LogP contribution in [0.5, 0.6) is 0 Å². The molecule has 0 aromatic rings. The van der Waals surface area contributed by atoms with E-state index in [1.807, 2.05) is 0 Å². The van der Waals surface area contributed by atoms with Crippen molar-refractivity contribution < 1.29 is 4.74 Å². The fraction of sp³-hybridized carbons (Fsp3) is 0.667. The van der Waals surface area contributed by atoms with Crippen LogP contribution in [0.25, 0.3) is 0 Å². The van der Waals surface area contributed by atoms with Crippen LogP contribution in [0.1, 0.15) is 33.6 Å². The van der Waals surface area contributed by atoms with E-state index in [-0.39, 0.29) is 5.41 Å². The van der Waals surface area contributed by atoms with Crippen LogP contribution in [0.4, 0.5) is 0 Å². The van der Waals surface area contributed by atoms with Crippen molar-refractivity contribution in [3.8, 4) is 0 Å². The van der Waals surface area contributed by atoms with Gasteiger partial charge in [-0.2, -0.15) is 0 Å². The Hall–Kier alpha value is -0.560. The van der Waals surface area contributed by atoms with Gasteiger partial charge in [-0.1, -0.05) is 39.0 Å². The van der Waals surface area contributed by atoms with Crippen molar-refractivity contribution in [3.05, 3.63) is 23.8 Å². The first-order valence-electron chi connectivity index (χ1n) is 5.03. The van der Waals surface area contributed by atoms with Crippen molar-refractivity contribution in [1.82, 2.24) is 0 Å². The molecule has 1 aliphatic rings. The Bertz CT molecular complexity index is 198. The van der Waals surface area contributed by atoms with Gasteiger partial charge < -0.3 is 4.74 Å². The average molecular weight is 180 g/mol. The Kier molecular flexibility index (Phi) is 3.73. The van der Waals surface area contributed by atoms with E-state index in [4.69, 9.17) is 4.74 Å². The van der Waals surface area contributed by atoms with E-state index in [0.717, 1.165) is 13.2 Å². The first kappa shape index (κ1) is 10.5. The minimum absolute atomic E-state index is 0.284. The van der Waals surface area contributed by atoms with Gasteiger partial charge in [-0.05, 0) is 23.8 Å². The molecule has 1 aliphatic heterocycles. The smallest absolute Gasteiger partial charge is 0.0679 e. The SMILES string of the molecule is CC(C)(C)/C=C/C=C1/CCCOC1. The van der Waals surface area contributed by atoms with Crippen LogP contribution in [0.2, 0.25) is 0 Å². The Morgan fingerprint density at radius 2 is 2.08 bits per heavy atom. The minimum atomic E-state index is 0.284. The van der Waals surface area contributed by atoms with Gasteiger partial charge in [0.15, 0.2) is 0 Å². The highest BCUT2D eigenvalue weighted by Crippen LogP contribution is 2.16. The molecular formula is C12H20O. The van der Waals surface area contributed by atoms with E-state index in [2.05, 4.69) is 39.0 Å². The maximum atomic E-state index is 5.36. The van der Waals surface area contributed by atoms with Crippen LogP contribution in [-0.2, 0) is 4.74 Å². The van der Waals surface area contributed by atoms with Crippen molar-refractivity contribution in [3.63, 3.8) is 0 Å². The fourth-order valence-electron chi connectivity index (χ4n) is 1.28. The molecule has 0 amide bonds. The second kappa shape index (κ2) is 4.61. The maximum Gasteiger partial charge on any atom is 0.0679 e. The maximum absolute atomic E-state index is 5.36. The third-order valence-electron chi connectivity index (χ3n) is 2.00. The van der Waals surface area contributed by atoms with Gasteiger partial charge in [0.1, 0.15) is 0 Å². The minimum Gasteiger partial charge on any atom is -0.377 e. The molecule has 0 N–H and O–H groups in total. The summed E-state index contributed by atoms with van der Waals surface area (Å²) in [6.07, 6.45) is 8.96. The van der Waals surface area contributed by atoms with Gasteiger partial charge in [0.2, 0.25) is 0 Å². The molecule has 0 atom stereocenters. The number of rotatable bonds is 1. The summed E-state index contributed by atoms with van der Waals surface area (Å²) in [4.78, 5) is 0.